The summed E-state index contributed by atoms with van der Waals surface area (Å²) in [6.45, 7) is 12.5. The summed E-state index contributed by atoms with van der Waals surface area (Å²) in [6.07, 6.45) is 1.87. The van der Waals surface area contributed by atoms with Crippen LogP contribution in [0.2, 0.25) is 0 Å². The van der Waals surface area contributed by atoms with E-state index < -0.39 is 15.4 Å². The van der Waals surface area contributed by atoms with Crippen molar-refractivity contribution in [2.75, 3.05) is 24.1 Å². The Morgan fingerprint density at radius 3 is 2.25 bits per heavy atom. The zero-order chi connectivity index (χ0) is 27.1. The quantitative estimate of drug-likeness (QED) is 0.302. The number of hydrogen-bond donors (Lipinski definition) is 3. The molecule has 0 spiro atoms. The lowest BCUT2D eigenvalue weighted by Crippen LogP contribution is -2.41. The minimum atomic E-state index is -3.32. The Morgan fingerprint density at radius 2 is 1.69 bits per heavy atom. The lowest BCUT2D eigenvalue weighted by atomic mass is 9.96. The van der Waals surface area contributed by atoms with Crippen molar-refractivity contribution in [2.24, 2.45) is 11.3 Å². The molecule has 7 nitrogen and oxygen atoms in total. The summed E-state index contributed by atoms with van der Waals surface area (Å²) in [5.41, 5.74) is 4.57. The molecule has 0 fully saturated rings. The van der Waals surface area contributed by atoms with Gasteiger partial charge in [0.25, 0.3) is 0 Å². The molecule has 36 heavy (non-hydrogen) atoms. The average molecular weight is 534 g/mol. The summed E-state index contributed by atoms with van der Waals surface area (Å²) < 4.78 is 30.9. The number of aryl methyl sites for hydroxylation is 2. The first-order valence-electron chi connectivity index (χ1n) is 12.0. The number of nitrogens with one attached hydrogen (secondary N) is 3. The molecule has 2 atom stereocenters. The highest BCUT2D eigenvalue weighted by Crippen LogP contribution is 2.19. The fourth-order valence-corrected chi connectivity index (χ4v) is 4.31. The molecule has 0 saturated heterocycles. The van der Waals surface area contributed by atoms with Crippen molar-refractivity contribution in [3.63, 3.8) is 0 Å². The van der Waals surface area contributed by atoms with Crippen LogP contribution in [-0.4, -0.2) is 38.9 Å². The monoisotopic (exact) mass is 533 g/mol. The largest absolute Gasteiger partial charge is 0.465 e. The van der Waals surface area contributed by atoms with Gasteiger partial charge in [0.2, 0.25) is 10.0 Å². The highest BCUT2D eigenvalue weighted by Gasteiger charge is 2.24. The number of esters is 1. The third-order valence-corrected chi connectivity index (χ3v) is 6.64. The predicted molar refractivity (Wildman–Crippen MR) is 151 cm³/mol. The molecule has 0 heterocycles. The molecular weight excluding hydrogens is 494 g/mol. The minimum absolute atomic E-state index is 0.0369. The number of anilines is 1. The summed E-state index contributed by atoms with van der Waals surface area (Å²) in [4.78, 5) is 12.3. The van der Waals surface area contributed by atoms with Crippen LogP contribution in [-0.2, 0) is 26.0 Å². The summed E-state index contributed by atoms with van der Waals surface area (Å²) >= 11 is 5.52. The van der Waals surface area contributed by atoms with Crippen molar-refractivity contribution < 1.29 is 17.9 Å². The molecular formula is C27H39N3O4S2. The van der Waals surface area contributed by atoms with Crippen molar-refractivity contribution in [1.29, 1.82) is 0 Å². The summed E-state index contributed by atoms with van der Waals surface area (Å²) in [6, 6.07) is 13.4. The first kappa shape index (κ1) is 29.6. The molecule has 0 aromatic heterocycles. The highest BCUT2D eigenvalue weighted by molar-refractivity contribution is 7.92. The van der Waals surface area contributed by atoms with Gasteiger partial charge in [0.05, 0.1) is 24.3 Å². The smallest absolute Gasteiger partial charge is 0.311 e. The number of benzene rings is 2. The second-order valence-corrected chi connectivity index (χ2v) is 12.6. The van der Waals surface area contributed by atoms with E-state index in [2.05, 4.69) is 47.4 Å². The van der Waals surface area contributed by atoms with Gasteiger partial charge in [-0.05, 0) is 94.6 Å². The van der Waals surface area contributed by atoms with Crippen LogP contribution in [0.15, 0.2) is 42.5 Å². The predicted octanol–water partition coefficient (Wildman–Crippen LogP) is 4.65. The van der Waals surface area contributed by atoms with E-state index in [4.69, 9.17) is 17.0 Å². The maximum atomic E-state index is 12.3. The fraction of sp³-hybridized carbons (Fsp3) is 0.481. The van der Waals surface area contributed by atoms with Crippen molar-refractivity contribution in [3.8, 4) is 0 Å². The molecule has 2 rings (SSSR count). The Labute approximate surface area is 221 Å². The highest BCUT2D eigenvalue weighted by atomic mass is 32.2. The Bertz CT molecular complexity index is 1160. The van der Waals surface area contributed by atoms with Gasteiger partial charge in [-0.3, -0.25) is 9.52 Å². The zero-order valence-electron chi connectivity index (χ0n) is 22.3. The van der Waals surface area contributed by atoms with E-state index in [9.17, 15) is 13.2 Å². The van der Waals surface area contributed by atoms with E-state index in [1.807, 2.05) is 39.8 Å². The number of carbonyl (C=O) groups is 1. The van der Waals surface area contributed by atoms with Crippen LogP contribution in [0.25, 0.3) is 0 Å². The van der Waals surface area contributed by atoms with E-state index in [0.717, 1.165) is 18.2 Å². The van der Waals surface area contributed by atoms with Crippen LogP contribution >= 0.6 is 12.2 Å². The van der Waals surface area contributed by atoms with Crippen molar-refractivity contribution in [1.82, 2.24) is 10.6 Å². The lowest BCUT2D eigenvalue weighted by Gasteiger charge is -2.23. The fourth-order valence-electron chi connectivity index (χ4n) is 3.49. The Balaban J connectivity index is 1.99. The Hall–Kier alpha value is -2.65. The Kier molecular flexibility index (Phi) is 10.3. The molecule has 198 valence electrons. The van der Waals surface area contributed by atoms with Gasteiger partial charge in [0.1, 0.15) is 0 Å². The lowest BCUT2D eigenvalue weighted by molar-refractivity contribution is -0.154. The maximum absolute atomic E-state index is 12.3. The number of hydrogen-bond acceptors (Lipinski definition) is 5. The van der Waals surface area contributed by atoms with Crippen LogP contribution in [0.3, 0.4) is 0 Å². The molecule has 0 aliphatic heterocycles. The van der Waals surface area contributed by atoms with Gasteiger partial charge in [-0.2, -0.15) is 0 Å². The van der Waals surface area contributed by atoms with Crippen LogP contribution < -0.4 is 15.4 Å². The van der Waals surface area contributed by atoms with Crippen LogP contribution in [0.1, 0.15) is 56.0 Å². The molecule has 0 saturated carbocycles. The average Bonchev–Trinajstić information content (AvgIpc) is 2.76. The van der Waals surface area contributed by atoms with Gasteiger partial charge in [-0.1, -0.05) is 30.3 Å². The van der Waals surface area contributed by atoms with Gasteiger partial charge in [0.15, 0.2) is 5.11 Å². The molecule has 2 aromatic carbocycles. The third-order valence-electron chi connectivity index (χ3n) is 5.77. The van der Waals surface area contributed by atoms with Crippen LogP contribution in [0.4, 0.5) is 5.69 Å². The number of rotatable bonds is 10. The van der Waals surface area contributed by atoms with E-state index in [1.165, 1.54) is 16.7 Å². The number of thiocarbonyl (C=S) groups is 1. The van der Waals surface area contributed by atoms with E-state index in [-0.39, 0.29) is 17.9 Å². The number of carbonyl (C=O) groups excluding carboxylic acids is 1. The first-order valence-corrected chi connectivity index (χ1v) is 14.3. The maximum Gasteiger partial charge on any atom is 0.311 e. The molecule has 2 unspecified atom stereocenters. The number of sulfonamides is 1. The molecule has 0 bridgehead atoms. The second kappa shape index (κ2) is 12.5. The summed E-state index contributed by atoms with van der Waals surface area (Å²) in [7, 11) is -3.32. The van der Waals surface area contributed by atoms with E-state index in [0.29, 0.717) is 24.0 Å². The van der Waals surface area contributed by atoms with Gasteiger partial charge in [0, 0.05) is 18.2 Å². The molecule has 0 amide bonds. The number of ether oxygens (including phenoxy) is 1. The first-order chi connectivity index (χ1) is 16.6. The standard InChI is InChI=1S/C27H39N3O4S2/c1-18-8-9-21(14-19(18)2)15-22(17-34-25(31)27(4,5)6)16-28-26(35)29-20(3)23-10-12-24(13-11-23)30-36(7,32)33/h8-14,20,22,30H,15-17H2,1-7H3,(H2,28,29,35). The normalized spacial score (nSPS) is 13.4. The SMILES string of the molecule is Cc1ccc(CC(CNC(=S)NC(C)c2ccc(NS(C)(=O)=O)cc2)COC(=O)C(C)(C)C)cc1C. The van der Waals surface area contributed by atoms with E-state index >= 15 is 0 Å². The molecule has 3 N–H and O–H groups in total. The zero-order valence-corrected chi connectivity index (χ0v) is 23.9. The molecule has 0 radical (unpaired) electrons. The van der Waals surface area contributed by atoms with Gasteiger partial charge >= 0.3 is 5.97 Å². The molecule has 0 aliphatic rings. The third kappa shape index (κ3) is 10.1. The molecule has 0 aliphatic carbocycles. The van der Waals surface area contributed by atoms with Crippen molar-refractivity contribution >= 4 is 39.0 Å². The topological polar surface area (TPSA) is 96.5 Å². The van der Waals surface area contributed by atoms with E-state index in [1.54, 1.807) is 12.1 Å². The van der Waals surface area contributed by atoms with Gasteiger partial charge < -0.3 is 15.4 Å². The summed E-state index contributed by atoms with van der Waals surface area (Å²) in [5.74, 6) is -0.189. The summed E-state index contributed by atoms with van der Waals surface area (Å²) in [5, 5.41) is 7.03. The van der Waals surface area contributed by atoms with Crippen molar-refractivity contribution in [2.45, 2.75) is 54.0 Å². The van der Waals surface area contributed by atoms with Gasteiger partial charge in [-0.15, -0.1) is 0 Å². The van der Waals surface area contributed by atoms with Crippen LogP contribution in [0.5, 0.6) is 0 Å². The molecule has 9 heteroatoms. The molecule has 2 aromatic rings. The second-order valence-electron chi connectivity index (χ2n) is 10.4. The minimum Gasteiger partial charge on any atom is -0.465 e. The van der Waals surface area contributed by atoms with Gasteiger partial charge in [-0.25, -0.2) is 8.42 Å². The Morgan fingerprint density at radius 1 is 1.06 bits per heavy atom. The van der Waals surface area contributed by atoms with Crippen LogP contribution in [0, 0.1) is 25.2 Å². The van der Waals surface area contributed by atoms with Crippen molar-refractivity contribution in [3.05, 3.63) is 64.7 Å².